The zero-order valence-electron chi connectivity index (χ0n) is 13.0. The van der Waals surface area contributed by atoms with Crippen molar-refractivity contribution in [3.63, 3.8) is 0 Å². The molecule has 4 rings (SSSR count). The molecule has 0 spiro atoms. The van der Waals surface area contributed by atoms with Crippen LogP contribution in [0.15, 0.2) is 36.5 Å². The van der Waals surface area contributed by atoms with Crippen LogP contribution in [0.25, 0.3) is 0 Å². The number of carbonyl (C=O) groups excluding carboxylic acids is 2. The van der Waals surface area contributed by atoms with Gasteiger partial charge in [0, 0.05) is 25.2 Å². The molecule has 5 nitrogen and oxygen atoms in total. The molecule has 1 aromatic heterocycles. The topological polar surface area (TPSA) is 77.1 Å². The van der Waals surface area contributed by atoms with Gasteiger partial charge in [0.2, 0.25) is 5.91 Å². The van der Waals surface area contributed by atoms with Crippen LogP contribution in [0.4, 0.5) is 0 Å². The largest absolute Gasteiger partial charge is 0.366 e. The number of nitrogens with zero attached hydrogens (tertiary/aromatic N) is 1. The molecule has 23 heavy (non-hydrogen) atoms. The van der Waals surface area contributed by atoms with E-state index in [-0.39, 0.29) is 11.9 Å². The summed E-state index contributed by atoms with van der Waals surface area (Å²) in [6.45, 7) is 0. The third kappa shape index (κ3) is 2.23. The molecule has 1 aromatic carbocycles. The minimum atomic E-state index is -0.520. The van der Waals surface area contributed by atoms with Gasteiger partial charge in [-0.15, -0.1) is 0 Å². The summed E-state index contributed by atoms with van der Waals surface area (Å²) in [5.41, 5.74) is 8.88. The maximum atomic E-state index is 12.5. The van der Waals surface area contributed by atoms with Crippen LogP contribution < -0.4 is 11.1 Å². The SMILES string of the molecule is Cn1cc(C(N)=O)cc1C(=O)N[C@@H]1[C@@H]2CCc3ccccc3[C@@H]21. The Hall–Kier alpha value is -2.56. The number of nitrogens with two attached hydrogens (primary N) is 1. The monoisotopic (exact) mass is 309 g/mol. The van der Waals surface area contributed by atoms with E-state index in [9.17, 15) is 9.59 Å². The van der Waals surface area contributed by atoms with Crippen molar-refractivity contribution >= 4 is 11.8 Å². The number of benzene rings is 1. The second-order valence-corrected chi connectivity index (χ2v) is 6.52. The van der Waals surface area contributed by atoms with Gasteiger partial charge in [-0.2, -0.15) is 0 Å². The van der Waals surface area contributed by atoms with Crippen LogP contribution in [-0.4, -0.2) is 22.4 Å². The number of carbonyl (C=O) groups is 2. The number of primary amides is 1. The number of aryl methyl sites for hydroxylation is 2. The van der Waals surface area contributed by atoms with Crippen molar-refractivity contribution in [2.24, 2.45) is 18.7 Å². The molecule has 1 fully saturated rings. The highest BCUT2D eigenvalue weighted by Gasteiger charge is 2.53. The Morgan fingerprint density at radius 2 is 2.09 bits per heavy atom. The molecule has 0 saturated heterocycles. The van der Waals surface area contributed by atoms with Crippen molar-refractivity contribution in [2.45, 2.75) is 24.8 Å². The first kappa shape index (κ1) is 14.1. The Morgan fingerprint density at radius 3 is 2.83 bits per heavy atom. The average Bonchev–Trinajstić information content (AvgIpc) is 3.09. The summed E-state index contributed by atoms with van der Waals surface area (Å²) in [7, 11) is 1.75. The van der Waals surface area contributed by atoms with Crippen molar-refractivity contribution in [3.8, 4) is 0 Å². The third-order valence-electron chi connectivity index (χ3n) is 5.15. The average molecular weight is 309 g/mol. The normalized spacial score (nSPS) is 24.5. The molecule has 3 atom stereocenters. The van der Waals surface area contributed by atoms with Gasteiger partial charge >= 0.3 is 0 Å². The predicted octanol–water partition coefficient (Wildman–Crippen LogP) is 1.58. The van der Waals surface area contributed by atoms with E-state index in [1.165, 1.54) is 11.1 Å². The minimum Gasteiger partial charge on any atom is -0.366 e. The highest BCUT2D eigenvalue weighted by atomic mass is 16.2. The highest BCUT2D eigenvalue weighted by Crippen LogP contribution is 2.54. The van der Waals surface area contributed by atoms with Crippen LogP contribution >= 0.6 is 0 Å². The summed E-state index contributed by atoms with van der Waals surface area (Å²) >= 11 is 0. The van der Waals surface area contributed by atoms with Gasteiger partial charge < -0.3 is 15.6 Å². The molecule has 2 aliphatic carbocycles. The summed E-state index contributed by atoms with van der Waals surface area (Å²) in [5.74, 6) is 0.301. The number of amides is 2. The Kier molecular flexibility index (Phi) is 3.04. The Bertz CT molecular complexity index is 808. The van der Waals surface area contributed by atoms with Crippen molar-refractivity contribution in [1.82, 2.24) is 9.88 Å². The van der Waals surface area contributed by atoms with Gasteiger partial charge in [0.15, 0.2) is 0 Å². The number of nitrogens with one attached hydrogen (secondary N) is 1. The van der Waals surface area contributed by atoms with E-state index in [2.05, 4.69) is 29.6 Å². The van der Waals surface area contributed by atoms with Crippen molar-refractivity contribution in [1.29, 1.82) is 0 Å². The van der Waals surface area contributed by atoms with Crippen molar-refractivity contribution in [3.05, 3.63) is 58.9 Å². The molecule has 118 valence electrons. The molecule has 0 unspecified atom stereocenters. The first-order valence-corrected chi connectivity index (χ1v) is 7.91. The Balaban J connectivity index is 1.52. The lowest BCUT2D eigenvalue weighted by Crippen LogP contribution is -2.29. The molecule has 1 saturated carbocycles. The van der Waals surface area contributed by atoms with E-state index >= 15 is 0 Å². The third-order valence-corrected chi connectivity index (χ3v) is 5.15. The summed E-state index contributed by atoms with van der Waals surface area (Å²) in [6, 6.07) is 10.2. The van der Waals surface area contributed by atoms with E-state index in [0.29, 0.717) is 23.1 Å². The number of rotatable bonds is 3. The lowest BCUT2D eigenvalue weighted by Gasteiger charge is -2.13. The molecular weight excluding hydrogens is 290 g/mol. The van der Waals surface area contributed by atoms with Crippen LogP contribution in [0.1, 0.15) is 44.3 Å². The van der Waals surface area contributed by atoms with Gasteiger partial charge in [-0.25, -0.2) is 0 Å². The van der Waals surface area contributed by atoms with Crippen molar-refractivity contribution < 1.29 is 9.59 Å². The number of aromatic nitrogens is 1. The number of hydrogen-bond acceptors (Lipinski definition) is 2. The number of hydrogen-bond donors (Lipinski definition) is 2. The quantitative estimate of drug-likeness (QED) is 0.903. The van der Waals surface area contributed by atoms with E-state index in [1.807, 2.05) is 0 Å². The molecule has 5 heteroatoms. The van der Waals surface area contributed by atoms with Gasteiger partial charge in [0.1, 0.15) is 5.69 Å². The fourth-order valence-electron chi connectivity index (χ4n) is 3.91. The molecule has 2 aliphatic rings. The maximum Gasteiger partial charge on any atom is 0.268 e. The standard InChI is InChI=1S/C18H19N3O2/c1-21-9-11(17(19)22)8-14(21)18(23)20-16-13-7-6-10-4-2-3-5-12(10)15(13)16/h2-5,8-9,13,15-16H,6-7H2,1H3,(H2,19,22)(H,20,23)/t13-,15+,16-/m1/s1. The highest BCUT2D eigenvalue weighted by molar-refractivity contribution is 5.99. The lowest BCUT2D eigenvalue weighted by molar-refractivity contribution is 0.0940. The molecule has 0 radical (unpaired) electrons. The summed E-state index contributed by atoms with van der Waals surface area (Å²) in [6.07, 6.45) is 3.79. The van der Waals surface area contributed by atoms with Gasteiger partial charge in [-0.05, 0) is 36.0 Å². The second-order valence-electron chi connectivity index (χ2n) is 6.52. The fraction of sp³-hybridized carbons (Fsp3) is 0.333. The first-order chi connectivity index (χ1) is 11.1. The summed E-state index contributed by atoms with van der Waals surface area (Å²) < 4.78 is 1.65. The molecule has 2 aromatic rings. The molecule has 3 N–H and O–H groups in total. The Labute approximate surface area is 134 Å². The maximum absolute atomic E-state index is 12.5. The lowest BCUT2D eigenvalue weighted by atomic mass is 9.92. The number of fused-ring (bicyclic) bond motifs is 3. The molecule has 0 aliphatic heterocycles. The van der Waals surface area contributed by atoms with Crippen molar-refractivity contribution in [2.75, 3.05) is 0 Å². The van der Waals surface area contributed by atoms with Crippen LogP contribution in [0.3, 0.4) is 0 Å². The van der Waals surface area contributed by atoms with E-state index in [1.54, 1.807) is 23.9 Å². The zero-order valence-corrected chi connectivity index (χ0v) is 13.0. The van der Waals surface area contributed by atoms with E-state index in [4.69, 9.17) is 5.73 Å². The smallest absolute Gasteiger partial charge is 0.268 e. The Morgan fingerprint density at radius 1 is 1.30 bits per heavy atom. The molecular formula is C18H19N3O2. The molecule has 0 bridgehead atoms. The molecule has 1 heterocycles. The van der Waals surface area contributed by atoms with Gasteiger partial charge in [0.25, 0.3) is 5.91 Å². The molecule has 2 amide bonds. The van der Waals surface area contributed by atoms with Gasteiger partial charge in [0.05, 0.1) is 5.56 Å². The van der Waals surface area contributed by atoms with Crippen LogP contribution in [0, 0.1) is 5.92 Å². The minimum absolute atomic E-state index is 0.142. The predicted molar refractivity (Wildman–Crippen MR) is 86.2 cm³/mol. The zero-order chi connectivity index (χ0) is 16.1. The van der Waals surface area contributed by atoms with E-state index < -0.39 is 5.91 Å². The summed E-state index contributed by atoms with van der Waals surface area (Å²) in [4.78, 5) is 23.8. The first-order valence-electron chi connectivity index (χ1n) is 7.91. The van der Waals surface area contributed by atoms with Gasteiger partial charge in [-0.1, -0.05) is 24.3 Å². The van der Waals surface area contributed by atoms with Crippen LogP contribution in [0.2, 0.25) is 0 Å². The van der Waals surface area contributed by atoms with E-state index in [0.717, 1.165) is 12.8 Å². The van der Waals surface area contributed by atoms with Crippen LogP contribution in [-0.2, 0) is 13.5 Å². The fourth-order valence-corrected chi connectivity index (χ4v) is 3.91. The second kappa shape index (κ2) is 4.98. The summed E-state index contributed by atoms with van der Waals surface area (Å²) in [5, 5.41) is 3.13. The van der Waals surface area contributed by atoms with Crippen LogP contribution in [0.5, 0.6) is 0 Å². The van der Waals surface area contributed by atoms with Gasteiger partial charge in [-0.3, -0.25) is 9.59 Å².